The molecule has 0 aromatic heterocycles. The van der Waals surface area contributed by atoms with E-state index in [-0.39, 0.29) is 18.2 Å². The number of hydrogen-bond donors (Lipinski definition) is 1. The highest BCUT2D eigenvalue weighted by molar-refractivity contribution is 7.89. The molecule has 122 valence electrons. The molecule has 0 aliphatic carbocycles. The predicted molar refractivity (Wildman–Crippen MR) is 86.9 cm³/mol. The molecule has 0 atom stereocenters. The number of hydrogen-bond acceptors (Lipinski definition) is 3. The fourth-order valence-corrected chi connectivity index (χ4v) is 3.90. The topological polar surface area (TPSA) is 66.5 Å². The highest BCUT2D eigenvalue weighted by Gasteiger charge is 2.26. The van der Waals surface area contributed by atoms with Gasteiger partial charge in [-0.25, -0.2) is 8.42 Å². The minimum absolute atomic E-state index is 0.0347. The van der Waals surface area contributed by atoms with E-state index in [4.69, 9.17) is 0 Å². The van der Waals surface area contributed by atoms with Crippen LogP contribution in [0.15, 0.2) is 24.3 Å². The minimum Gasteiger partial charge on any atom is -0.355 e. The molecule has 0 radical (unpaired) electrons. The lowest BCUT2D eigenvalue weighted by Crippen LogP contribution is -2.40. The minimum atomic E-state index is -3.32. The van der Waals surface area contributed by atoms with Crippen molar-refractivity contribution in [1.82, 2.24) is 9.62 Å². The zero-order valence-corrected chi connectivity index (χ0v) is 13.9. The molecule has 22 heavy (non-hydrogen) atoms. The highest BCUT2D eigenvalue weighted by Crippen LogP contribution is 2.20. The number of benzene rings is 1. The molecule has 1 N–H and O–H groups in total. The molecule has 0 saturated carbocycles. The Morgan fingerprint density at radius 1 is 1.27 bits per heavy atom. The molecule has 2 rings (SSSR count). The third-order valence-corrected chi connectivity index (χ3v) is 5.75. The number of rotatable bonds is 7. The van der Waals surface area contributed by atoms with Crippen LogP contribution >= 0.6 is 0 Å². The molecule has 0 fully saturated rings. The zero-order valence-electron chi connectivity index (χ0n) is 13.0. The second-order valence-corrected chi connectivity index (χ2v) is 7.71. The Labute approximate surface area is 132 Å². The van der Waals surface area contributed by atoms with Crippen LogP contribution in [-0.2, 0) is 27.8 Å². The number of carbonyl (C=O) groups is 1. The van der Waals surface area contributed by atoms with Gasteiger partial charge in [0, 0.05) is 26.1 Å². The van der Waals surface area contributed by atoms with Crippen LogP contribution in [0.1, 0.15) is 37.3 Å². The van der Waals surface area contributed by atoms with E-state index in [1.165, 1.54) is 9.87 Å². The van der Waals surface area contributed by atoms with Gasteiger partial charge in [0.2, 0.25) is 15.9 Å². The van der Waals surface area contributed by atoms with Crippen LogP contribution in [0.2, 0.25) is 0 Å². The first kappa shape index (κ1) is 17.0. The SMILES string of the molecule is CCCCC(=O)NCCS(=O)(=O)N1CCc2ccccc2C1. The molecule has 1 aliphatic rings. The Hall–Kier alpha value is -1.40. The third-order valence-electron chi connectivity index (χ3n) is 3.93. The summed E-state index contributed by atoms with van der Waals surface area (Å²) in [6.07, 6.45) is 3.01. The Morgan fingerprint density at radius 2 is 2.00 bits per heavy atom. The van der Waals surface area contributed by atoms with Crippen molar-refractivity contribution >= 4 is 15.9 Å². The summed E-state index contributed by atoms with van der Waals surface area (Å²) in [4.78, 5) is 11.5. The molecule has 0 saturated heterocycles. The van der Waals surface area contributed by atoms with Crippen LogP contribution < -0.4 is 5.32 Å². The maximum Gasteiger partial charge on any atom is 0.220 e. The van der Waals surface area contributed by atoms with Gasteiger partial charge in [0.1, 0.15) is 0 Å². The van der Waals surface area contributed by atoms with Gasteiger partial charge in [0.05, 0.1) is 5.75 Å². The van der Waals surface area contributed by atoms with Crippen molar-refractivity contribution in [2.45, 2.75) is 39.2 Å². The maximum absolute atomic E-state index is 12.4. The van der Waals surface area contributed by atoms with Gasteiger partial charge in [0.15, 0.2) is 0 Å². The van der Waals surface area contributed by atoms with Crippen LogP contribution in [-0.4, -0.2) is 37.5 Å². The molecule has 6 heteroatoms. The summed E-state index contributed by atoms with van der Waals surface area (Å²) in [5.74, 6) is -0.103. The van der Waals surface area contributed by atoms with Crippen molar-refractivity contribution in [1.29, 1.82) is 0 Å². The molecule has 1 aromatic rings. The quantitative estimate of drug-likeness (QED) is 0.830. The number of carbonyl (C=O) groups excluding carboxylic acids is 1. The van der Waals surface area contributed by atoms with Gasteiger partial charge in [-0.05, 0) is 24.0 Å². The Kier molecular flexibility index (Phi) is 5.97. The van der Waals surface area contributed by atoms with Gasteiger partial charge in [-0.3, -0.25) is 4.79 Å². The number of nitrogens with zero attached hydrogens (tertiary/aromatic N) is 1. The van der Waals surface area contributed by atoms with E-state index in [9.17, 15) is 13.2 Å². The van der Waals surface area contributed by atoms with Crippen LogP contribution in [0.25, 0.3) is 0 Å². The van der Waals surface area contributed by atoms with Crippen molar-refractivity contribution in [3.8, 4) is 0 Å². The first-order chi connectivity index (χ1) is 10.5. The standard InChI is InChI=1S/C16H24N2O3S/c1-2-3-8-16(19)17-10-12-22(20,21)18-11-9-14-6-4-5-7-15(14)13-18/h4-7H,2-3,8-13H2,1H3,(H,17,19). The fourth-order valence-electron chi connectivity index (χ4n) is 2.58. The summed E-state index contributed by atoms with van der Waals surface area (Å²) in [7, 11) is -3.32. The van der Waals surface area contributed by atoms with E-state index in [2.05, 4.69) is 5.32 Å². The lowest BCUT2D eigenvalue weighted by atomic mass is 10.0. The van der Waals surface area contributed by atoms with Crippen molar-refractivity contribution < 1.29 is 13.2 Å². The Balaban J connectivity index is 1.85. The predicted octanol–water partition coefficient (Wildman–Crippen LogP) is 1.68. The number of sulfonamides is 1. The lowest BCUT2D eigenvalue weighted by molar-refractivity contribution is -0.121. The van der Waals surface area contributed by atoms with E-state index in [0.29, 0.717) is 19.5 Å². The van der Waals surface area contributed by atoms with Gasteiger partial charge in [-0.15, -0.1) is 0 Å². The fraction of sp³-hybridized carbons (Fsp3) is 0.562. The van der Waals surface area contributed by atoms with Gasteiger partial charge < -0.3 is 5.32 Å². The van der Waals surface area contributed by atoms with Gasteiger partial charge in [-0.1, -0.05) is 37.6 Å². The van der Waals surface area contributed by atoms with Crippen molar-refractivity contribution in [2.75, 3.05) is 18.8 Å². The van der Waals surface area contributed by atoms with Gasteiger partial charge >= 0.3 is 0 Å². The number of amides is 1. The summed E-state index contributed by atoms with van der Waals surface area (Å²) in [6.45, 7) is 3.15. The summed E-state index contributed by atoms with van der Waals surface area (Å²) in [5.41, 5.74) is 2.30. The Bertz CT molecular complexity index is 614. The molecule has 5 nitrogen and oxygen atoms in total. The van der Waals surface area contributed by atoms with Crippen molar-refractivity contribution in [3.05, 3.63) is 35.4 Å². The molecular formula is C16H24N2O3S. The second kappa shape index (κ2) is 7.74. The molecule has 0 bridgehead atoms. The van der Waals surface area contributed by atoms with E-state index >= 15 is 0 Å². The third kappa shape index (κ3) is 4.55. The average Bonchev–Trinajstić information content (AvgIpc) is 2.52. The summed E-state index contributed by atoms with van der Waals surface area (Å²) < 4.78 is 26.3. The number of fused-ring (bicyclic) bond motifs is 1. The summed E-state index contributed by atoms with van der Waals surface area (Å²) in [6, 6.07) is 7.94. The zero-order chi connectivity index (χ0) is 16.0. The van der Waals surface area contributed by atoms with Crippen LogP contribution in [0.4, 0.5) is 0 Å². The largest absolute Gasteiger partial charge is 0.355 e. The number of nitrogens with one attached hydrogen (secondary N) is 1. The van der Waals surface area contributed by atoms with Crippen LogP contribution in [0.3, 0.4) is 0 Å². The van der Waals surface area contributed by atoms with Crippen LogP contribution in [0, 0.1) is 0 Å². The average molecular weight is 324 g/mol. The van der Waals surface area contributed by atoms with Crippen molar-refractivity contribution in [3.63, 3.8) is 0 Å². The molecule has 1 aromatic carbocycles. The molecule has 0 unspecified atom stereocenters. The second-order valence-electron chi connectivity index (χ2n) is 5.62. The monoisotopic (exact) mass is 324 g/mol. The van der Waals surface area contributed by atoms with Gasteiger partial charge in [-0.2, -0.15) is 4.31 Å². The molecular weight excluding hydrogens is 300 g/mol. The molecule has 1 heterocycles. The summed E-state index contributed by atoms with van der Waals surface area (Å²) >= 11 is 0. The Morgan fingerprint density at radius 3 is 2.73 bits per heavy atom. The van der Waals surface area contributed by atoms with E-state index in [0.717, 1.165) is 24.8 Å². The molecule has 1 aliphatic heterocycles. The number of unbranched alkanes of at least 4 members (excludes halogenated alkanes) is 1. The first-order valence-electron chi connectivity index (χ1n) is 7.84. The van der Waals surface area contributed by atoms with Crippen LogP contribution in [0.5, 0.6) is 0 Å². The van der Waals surface area contributed by atoms with Gasteiger partial charge in [0.25, 0.3) is 0 Å². The smallest absolute Gasteiger partial charge is 0.220 e. The molecule has 1 amide bonds. The lowest BCUT2D eigenvalue weighted by Gasteiger charge is -2.28. The van der Waals surface area contributed by atoms with E-state index in [1.54, 1.807) is 0 Å². The van der Waals surface area contributed by atoms with E-state index < -0.39 is 10.0 Å². The maximum atomic E-state index is 12.4. The molecule has 0 spiro atoms. The van der Waals surface area contributed by atoms with E-state index in [1.807, 2.05) is 31.2 Å². The van der Waals surface area contributed by atoms with Crippen molar-refractivity contribution in [2.24, 2.45) is 0 Å². The first-order valence-corrected chi connectivity index (χ1v) is 9.45. The normalized spacial score (nSPS) is 15.3. The summed E-state index contributed by atoms with van der Waals surface area (Å²) in [5, 5.41) is 2.69. The highest BCUT2D eigenvalue weighted by atomic mass is 32.2.